The second kappa shape index (κ2) is 3.98. The Kier molecular flexibility index (Phi) is 2.66. The molecule has 0 fully saturated rings. The van der Waals surface area contributed by atoms with Gasteiger partial charge in [-0.2, -0.15) is 0 Å². The van der Waals surface area contributed by atoms with Gasteiger partial charge in [-0.25, -0.2) is 9.78 Å². The van der Waals surface area contributed by atoms with E-state index in [4.69, 9.17) is 21.4 Å². The Bertz CT molecular complexity index is 568. The average molecular weight is 238 g/mol. The Labute approximate surface area is 96.4 Å². The van der Waals surface area contributed by atoms with Crippen molar-refractivity contribution in [2.45, 2.75) is 0 Å². The van der Waals surface area contributed by atoms with E-state index in [1.165, 1.54) is 13.2 Å². The minimum absolute atomic E-state index is 0.0780. The van der Waals surface area contributed by atoms with Crippen molar-refractivity contribution >= 4 is 28.5 Å². The van der Waals surface area contributed by atoms with Crippen LogP contribution in [0.15, 0.2) is 24.3 Å². The number of rotatable bonds is 2. The largest absolute Gasteiger partial charge is 0.497 e. The molecule has 0 saturated heterocycles. The predicted molar refractivity (Wildman–Crippen MR) is 60.3 cm³/mol. The van der Waals surface area contributed by atoms with Gasteiger partial charge in [0, 0.05) is 11.5 Å². The van der Waals surface area contributed by atoms with Crippen LogP contribution in [0, 0.1) is 0 Å². The van der Waals surface area contributed by atoms with Crippen molar-refractivity contribution in [3.63, 3.8) is 0 Å². The standard InChI is InChI=1S/C11H8ClNO3/c1-16-6-2-3-7-8(12)5-10(11(14)15)13-9(7)4-6/h2-5H,1H3,(H,14,15). The number of ether oxygens (including phenoxy) is 1. The van der Waals surface area contributed by atoms with Crippen molar-refractivity contribution in [3.8, 4) is 5.75 Å². The van der Waals surface area contributed by atoms with E-state index < -0.39 is 5.97 Å². The Morgan fingerprint density at radius 3 is 2.81 bits per heavy atom. The smallest absolute Gasteiger partial charge is 0.354 e. The summed E-state index contributed by atoms with van der Waals surface area (Å²) in [5.74, 6) is -0.495. The van der Waals surface area contributed by atoms with Gasteiger partial charge >= 0.3 is 5.97 Å². The Morgan fingerprint density at radius 2 is 2.19 bits per heavy atom. The Hall–Kier alpha value is -1.81. The summed E-state index contributed by atoms with van der Waals surface area (Å²) >= 11 is 5.96. The lowest BCUT2D eigenvalue weighted by atomic mass is 10.2. The molecule has 2 rings (SSSR count). The minimum atomic E-state index is -1.10. The molecule has 82 valence electrons. The van der Waals surface area contributed by atoms with Gasteiger partial charge in [-0.1, -0.05) is 11.6 Å². The quantitative estimate of drug-likeness (QED) is 0.872. The molecule has 1 aromatic heterocycles. The maximum Gasteiger partial charge on any atom is 0.354 e. The highest BCUT2D eigenvalue weighted by Crippen LogP contribution is 2.26. The number of methoxy groups -OCH3 is 1. The van der Waals surface area contributed by atoms with E-state index in [0.717, 1.165) is 0 Å². The van der Waals surface area contributed by atoms with E-state index in [0.29, 0.717) is 21.7 Å². The molecule has 0 spiro atoms. The number of pyridine rings is 1. The Balaban J connectivity index is 2.72. The molecule has 4 nitrogen and oxygen atoms in total. The first-order valence-electron chi connectivity index (χ1n) is 4.49. The third kappa shape index (κ3) is 1.79. The number of carbonyl (C=O) groups is 1. The fourth-order valence-corrected chi connectivity index (χ4v) is 1.67. The zero-order valence-electron chi connectivity index (χ0n) is 8.40. The summed E-state index contributed by atoms with van der Waals surface area (Å²) in [5, 5.41) is 9.91. The molecule has 0 bridgehead atoms. The van der Waals surface area contributed by atoms with Crippen LogP contribution in [0.25, 0.3) is 10.9 Å². The molecule has 0 radical (unpaired) electrons. The van der Waals surface area contributed by atoms with E-state index in [9.17, 15) is 4.79 Å². The van der Waals surface area contributed by atoms with Gasteiger partial charge < -0.3 is 9.84 Å². The first-order chi connectivity index (χ1) is 7.61. The summed E-state index contributed by atoms with van der Waals surface area (Å²) < 4.78 is 5.03. The molecule has 2 aromatic rings. The van der Waals surface area contributed by atoms with Crippen LogP contribution in [0.2, 0.25) is 5.02 Å². The van der Waals surface area contributed by atoms with Crippen LogP contribution in [0.1, 0.15) is 10.5 Å². The SMILES string of the molecule is COc1ccc2c(Cl)cc(C(=O)O)nc2c1. The highest BCUT2D eigenvalue weighted by Gasteiger charge is 2.10. The minimum Gasteiger partial charge on any atom is -0.497 e. The van der Waals surface area contributed by atoms with Crippen molar-refractivity contribution in [3.05, 3.63) is 35.0 Å². The van der Waals surface area contributed by atoms with Crippen LogP contribution in [-0.2, 0) is 0 Å². The third-order valence-corrected chi connectivity index (χ3v) is 2.50. The molecule has 16 heavy (non-hydrogen) atoms. The van der Waals surface area contributed by atoms with Crippen LogP contribution in [0.5, 0.6) is 5.75 Å². The summed E-state index contributed by atoms with van der Waals surface area (Å²) in [5.41, 5.74) is 0.426. The van der Waals surface area contributed by atoms with Crippen molar-refractivity contribution in [2.24, 2.45) is 0 Å². The predicted octanol–water partition coefficient (Wildman–Crippen LogP) is 2.59. The number of fused-ring (bicyclic) bond motifs is 1. The van der Waals surface area contributed by atoms with Crippen LogP contribution < -0.4 is 4.74 Å². The van der Waals surface area contributed by atoms with Gasteiger partial charge in [-0.05, 0) is 18.2 Å². The number of hydrogen-bond donors (Lipinski definition) is 1. The molecule has 0 atom stereocenters. The molecular weight excluding hydrogens is 230 g/mol. The van der Waals surface area contributed by atoms with E-state index in [2.05, 4.69) is 4.98 Å². The number of aromatic nitrogens is 1. The van der Waals surface area contributed by atoms with E-state index >= 15 is 0 Å². The number of carboxylic acids is 1. The molecule has 0 amide bonds. The van der Waals surface area contributed by atoms with Gasteiger partial charge in [0.15, 0.2) is 0 Å². The van der Waals surface area contributed by atoms with Crippen LogP contribution in [0.4, 0.5) is 0 Å². The monoisotopic (exact) mass is 237 g/mol. The molecule has 1 N–H and O–H groups in total. The topological polar surface area (TPSA) is 59.4 Å². The van der Waals surface area contributed by atoms with E-state index in [1.54, 1.807) is 18.2 Å². The Morgan fingerprint density at radius 1 is 1.44 bits per heavy atom. The third-order valence-electron chi connectivity index (χ3n) is 2.19. The summed E-state index contributed by atoms with van der Waals surface area (Å²) in [6, 6.07) is 6.47. The molecule has 1 aromatic carbocycles. The zero-order valence-corrected chi connectivity index (χ0v) is 9.15. The number of nitrogens with zero attached hydrogens (tertiary/aromatic N) is 1. The van der Waals surface area contributed by atoms with Gasteiger partial charge in [-0.3, -0.25) is 0 Å². The van der Waals surface area contributed by atoms with Gasteiger partial charge in [0.2, 0.25) is 0 Å². The molecule has 0 aliphatic carbocycles. The van der Waals surface area contributed by atoms with Crippen molar-refractivity contribution in [1.29, 1.82) is 0 Å². The number of benzene rings is 1. The summed E-state index contributed by atoms with van der Waals surface area (Å²) in [7, 11) is 1.53. The second-order valence-electron chi connectivity index (χ2n) is 3.18. The lowest BCUT2D eigenvalue weighted by molar-refractivity contribution is 0.0691. The highest BCUT2D eigenvalue weighted by molar-refractivity contribution is 6.35. The molecular formula is C11H8ClNO3. The van der Waals surface area contributed by atoms with Crippen molar-refractivity contribution in [2.75, 3.05) is 7.11 Å². The van der Waals surface area contributed by atoms with Crippen molar-refractivity contribution < 1.29 is 14.6 Å². The first-order valence-corrected chi connectivity index (χ1v) is 4.87. The maximum absolute atomic E-state index is 10.8. The molecule has 0 aliphatic rings. The van der Waals surface area contributed by atoms with Crippen molar-refractivity contribution in [1.82, 2.24) is 4.98 Å². The van der Waals surface area contributed by atoms with E-state index in [-0.39, 0.29) is 5.69 Å². The fraction of sp³-hybridized carbons (Fsp3) is 0.0909. The van der Waals surface area contributed by atoms with Gasteiger partial charge in [-0.15, -0.1) is 0 Å². The van der Waals surface area contributed by atoms with Gasteiger partial charge in [0.1, 0.15) is 11.4 Å². The maximum atomic E-state index is 10.8. The lowest BCUT2D eigenvalue weighted by Gasteiger charge is -2.04. The van der Waals surface area contributed by atoms with Gasteiger partial charge in [0.05, 0.1) is 17.6 Å². The van der Waals surface area contributed by atoms with Crippen LogP contribution in [-0.4, -0.2) is 23.2 Å². The van der Waals surface area contributed by atoms with E-state index in [1.807, 2.05) is 0 Å². The molecule has 0 unspecified atom stereocenters. The molecule has 0 aliphatic heterocycles. The van der Waals surface area contributed by atoms with Gasteiger partial charge in [0.25, 0.3) is 0 Å². The molecule has 0 saturated carbocycles. The summed E-state index contributed by atoms with van der Waals surface area (Å²) in [6.45, 7) is 0. The normalized spacial score (nSPS) is 10.4. The van der Waals surface area contributed by atoms with Crippen LogP contribution in [0.3, 0.4) is 0 Å². The number of aromatic carboxylic acids is 1. The summed E-state index contributed by atoms with van der Waals surface area (Å²) in [6.07, 6.45) is 0. The number of halogens is 1. The zero-order chi connectivity index (χ0) is 11.7. The lowest BCUT2D eigenvalue weighted by Crippen LogP contribution is -2.00. The average Bonchev–Trinajstić information content (AvgIpc) is 2.28. The molecule has 1 heterocycles. The highest BCUT2D eigenvalue weighted by atomic mass is 35.5. The number of hydrogen-bond acceptors (Lipinski definition) is 3. The van der Waals surface area contributed by atoms with Crippen LogP contribution >= 0.6 is 11.6 Å². The summed E-state index contributed by atoms with van der Waals surface area (Å²) in [4.78, 5) is 14.8. The number of carboxylic acid groups (broad SMARTS) is 1. The second-order valence-corrected chi connectivity index (χ2v) is 3.58. The first kappa shape index (κ1) is 10.7. The molecule has 5 heteroatoms. The fourth-order valence-electron chi connectivity index (χ4n) is 1.40.